The van der Waals surface area contributed by atoms with Crippen molar-refractivity contribution in [1.82, 2.24) is 5.06 Å². The average molecular weight is 324 g/mol. The van der Waals surface area contributed by atoms with Crippen molar-refractivity contribution in [2.45, 2.75) is 0 Å². The zero-order valence-corrected chi connectivity index (χ0v) is 14.0. The maximum atomic E-state index is 10.2. The van der Waals surface area contributed by atoms with Gasteiger partial charge in [0.25, 0.3) is 20.2 Å². The number of hydrogen-bond donors (Lipinski definition) is 3. The summed E-state index contributed by atoms with van der Waals surface area (Å²) in [5, 5.41) is 9.23. The molecule has 0 amide bonds. The molecule has 0 radical (unpaired) electrons. The van der Waals surface area contributed by atoms with Gasteiger partial charge in [0.15, 0.2) is 0 Å². The molecule has 0 aromatic heterocycles. The van der Waals surface area contributed by atoms with Gasteiger partial charge in [0.05, 0.1) is 11.5 Å². The van der Waals surface area contributed by atoms with E-state index >= 15 is 0 Å². The van der Waals surface area contributed by atoms with E-state index in [0.717, 1.165) is 0 Å². The predicted molar refractivity (Wildman–Crippen MR) is 46.2 cm³/mol. The fourth-order valence-corrected chi connectivity index (χ4v) is 1.44. The van der Waals surface area contributed by atoms with Crippen molar-refractivity contribution in [3.05, 3.63) is 0 Å². The van der Waals surface area contributed by atoms with Gasteiger partial charge in [-0.2, -0.15) is 21.9 Å². The summed E-state index contributed by atoms with van der Waals surface area (Å²) in [4.78, 5) is 0. The average Bonchev–Trinajstić information content (AvgIpc) is 1.94. The summed E-state index contributed by atoms with van der Waals surface area (Å²) in [6, 6.07) is 0. The number of halogens is 1. The molecule has 8 nitrogen and oxygen atoms in total. The van der Waals surface area contributed by atoms with Crippen LogP contribution in [0.5, 0.6) is 0 Å². The van der Waals surface area contributed by atoms with Crippen molar-refractivity contribution in [3.8, 4) is 0 Å². The summed E-state index contributed by atoms with van der Waals surface area (Å²) in [6.07, 6.45) is 0. The first-order valence-electron chi connectivity index (χ1n) is 3.44. The van der Waals surface area contributed by atoms with Gasteiger partial charge < -0.3 is 17.6 Å². The summed E-state index contributed by atoms with van der Waals surface area (Å²) in [6.45, 7) is -0.872. The van der Waals surface area contributed by atoms with Crippen molar-refractivity contribution < 1.29 is 94.9 Å². The van der Waals surface area contributed by atoms with Crippen LogP contribution in [0.1, 0.15) is 0 Å². The van der Waals surface area contributed by atoms with Crippen LogP contribution in [0.3, 0.4) is 0 Å². The van der Waals surface area contributed by atoms with Crippen LogP contribution in [0.2, 0.25) is 0 Å². The monoisotopic (exact) mass is 323 g/mol. The van der Waals surface area contributed by atoms with Gasteiger partial charge in [0, 0.05) is 13.1 Å². The predicted octanol–water partition coefficient (Wildman–Crippen LogP) is -7.54. The van der Waals surface area contributed by atoms with Gasteiger partial charge in [0.1, 0.15) is 0 Å². The van der Waals surface area contributed by atoms with Crippen molar-refractivity contribution in [2.24, 2.45) is 0 Å². The van der Waals surface area contributed by atoms with E-state index in [1.807, 2.05) is 0 Å². The first-order chi connectivity index (χ1) is 6.10. The Hall–Kier alpha value is 1.67. The van der Waals surface area contributed by atoms with Crippen molar-refractivity contribution in [3.63, 3.8) is 0 Å². The molecule has 0 fully saturated rings. The molecule has 16 heavy (non-hydrogen) atoms. The molecule has 0 aromatic carbocycles. The summed E-state index contributed by atoms with van der Waals surface area (Å²) in [5.41, 5.74) is 0. The zero-order chi connectivity index (χ0) is 11.4. The molecule has 3 N–H and O–H groups in total. The van der Waals surface area contributed by atoms with Gasteiger partial charge in [0.2, 0.25) is 0 Å². The second kappa shape index (κ2) is 9.58. The molecule has 12 heteroatoms. The van der Waals surface area contributed by atoms with Gasteiger partial charge in [-0.3, -0.25) is 9.11 Å². The van der Waals surface area contributed by atoms with Crippen LogP contribution in [-0.4, -0.2) is 60.8 Å². The molecular weight excluding hydrogens is 313 g/mol. The molecule has 94 valence electrons. The number of rotatable bonds is 6. The van der Waals surface area contributed by atoms with Gasteiger partial charge in [-0.05, 0) is 0 Å². The van der Waals surface area contributed by atoms with Crippen molar-refractivity contribution >= 4 is 20.2 Å². The standard InChI is InChI=1S/C4H11NO7S2.ClH.K/c6-5(1-3-13(7,8)9)2-4-14(10,11)12;;/h6H,1-4H2,(H,7,8,9)(H,10,11,12);1H;/q;;+1/p-1. The minimum atomic E-state index is -4.19. The molecule has 0 aliphatic heterocycles. The maximum absolute atomic E-state index is 10.2. The Morgan fingerprint density at radius 3 is 1.31 bits per heavy atom. The van der Waals surface area contributed by atoms with Crippen LogP contribution in [-0.2, 0) is 20.2 Å². The molecule has 0 aliphatic carbocycles. The Balaban J connectivity index is -0.000000845. The maximum Gasteiger partial charge on any atom is 1.00 e. The van der Waals surface area contributed by atoms with Crippen LogP contribution in [0.25, 0.3) is 0 Å². The first kappa shape index (κ1) is 22.8. The van der Waals surface area contributed by atoms with E-state index in [1.54, 1.807) is 0 Å². The van der Waals surface area contributed by atoms with E-state index in [1.165, 1.54) is 0 Å². The fourth-order valence-electron chi connectivity index (χ4n) is 0.553. The van der Waals surface area contributed by atoms with E-state index in [4.69, 9.17) is 14.3 Å². The summed E-state index contributed by atoms with van der Waals surface area (Å²) >= 11 is 0. The molecule has 0 spiro atoms. The molecule has 0 aliphatic rings. The Morgan fingerprint density at radius 1 is 0.875 bits per heavy atom. The molecule has 0 atom stereocenters. The first-order valence-corrected chi connectivity index (χ1v) is 6.66. The Kier molecular flexibility index (Phi) is 13.7. The molecule has 0 unspecified atom stereocenters. The van der Waals surface area contributed by atoms with Crippen LogP contribution in [0.4, 0.5) is 0 Å². The molecule has 0 saturated heterocycles. The minimum Gasteiger partial charge on any atom is -1.00 e. The molecule has 0 bridgehead atoms. The van der Waals surface area contributed by atoms with Gasteiger partial charge in [-0.25, -0.2) is 0 Å². The van der Waals surface area contributed by atoms with E-state index in [2.05, 4.69) is 0 Å². The molecule has 0 saturated carbocycles. The smallest absolute Gasteiger partial charge is 1.00 e. The molecule has 0 aromatic rings. The molecule has 0 rings (SSSR count). The van der Waals surface area contributed by atoms with Crippen molar-refractivity contribution in [2.75, 3.05) is 24.6 Å². The van der Waals surface area contributed by atoms with Crippen LogP contribution in [0, 0.1) is 0 Å². The quantitative estimate of drug-likeness (QED) is 0.249. The van der Waals surface area contributed by atoms with E-state index < -0.39 is 44.8 Å². The Morgan fingerprint density at radius 2 is 1.12 bits per heavy atom. The van der Waals surface area contributed by atoms with Crippen LogP contribution >= 0.6 is 0 Å². The number of hydroxylamine groups is 2. The summed E-state index contributed by atoms with van der Waals surface area (Å²) in [5.74, 6) is -1.43. The van der Waals surface area contributed by atoms with Gasteiger partial charge >= 0.3 is 51.4 Å². The second-order valence-electron chi connectivity index (χ2n) is 2.53. The summed E-state index contributed by atoms with van der Waals surface area (Å²) < 4.78 is 57.3. The van der Waals surface area contributed by atoms with E-state index in [-0.39, 0.29) is 63.8 Å². The van der Waals surface area contributed by atoms with E-state index in [0.29, 0.717) is 5.06 Å². The topological polar surface area (TPSA) is 132 Å². The van der Waals surface area contributed by atoms with E-state index in [9.17, 15) is 16.8 Å². The number of hydrogen-bond acceptors (Lipinski definition) is 6. The van der Waals surface area contributed by atoms with Crippen LogP contribution < -0.4 is 63.8 Å². The number of nitrogens with zero attached hydrogens (tertiary/aromatic N) is 1. The molecular formula is C4H11ClKNO7S2. The molecule has 0 heterocycles. The third-order valence-electron chi connectivity index (χ3n) is 1.21. The SMILES string of the molecule is O=S(=O)(O)CCN(O)CCS(=O)(=O)O.[Cl-].[K+]. The zero-order valence-electron chi connectivity index (χ0n) is 8.44. The largest absolute Gasteiger partial charge is 1.00 e. The van der Waals surface area contributed by atoms with Gasteiger partial charge in [-0.1, -0.05) is 0 Å². The minimum absolute atomic E-state index is 0. The third-order valence-corrected chi connectivity index (χ3v) is 2.61. The summed E-state index contributed by atoms with van der Waals surface area (Å²) in [7, 11) is -8.37. The second-order valence-corrected chi connectivity index (χ2v) is 5.67. The fraction of sp³-hybridized carbons (Fsp3) is 1.00. The normalized spacial score (nSPS) is 11.8. The van der Waals surface area contributed by atoms with Crippen LogP contribution in [0.15, 0.2) is 0 Å². The van der Waals surface area contributed by atoms with Gasteiger partial charge in [-0.15, -0.1) is 0 Å². The third kappa shape index (κ3) is 18.0. The Labute approximate surface area is 143 Å². The van der Waals surface area contributed by atoms with Crippen molar-refractivity contribution in [1.29, 1.82) is 0 Å². The Bertz CT molecular complexity index is 332.